The first-order valence-corrected chi connectivity index (χ1v) is 8.32. The molecule has 0 saturated heterocycles. The summed E-state index contributed by atoms with van der Waals surface area (Å²) in [4.78, 5) is 26.1. The van der Waals surface area contributed by atoms with Gasteiger partial charge in [-0.15, -0.1) is 0 Å². The molecular formula is C18H27N3O2. The van der Waals surface area contributed by atoms with Gasteiger partial charge in [0, 0.05) is 13.1 Å². The van der Waals surface area contributed by atoms with Crippen LogP contribution in [0.15, 0.2) is 30.3 Å². The summed E-state index contributed by atoms with van der Waals surface area (Å²) in [5, 5.41) is 5.86. The first-order chi connectivity index (χ1) is 11.1. The van der Waals surface area contributed by atoms with E-state index in [1.165, 1.54) is 5.56 Å². The van der Waals surface area contributed by atoms with Crippen molar-refractivity contribution in [3.63, 3.8) is 0 Å². The number of nitrogens with one attached hydrogen (secondary N) is 2. The Balaban J connectivity index is 1.59. The van der Waals surface area contributed by atoms with E-state index in [0.29, 0.717) is 19.5 Å². The van der Waals surface area contributed by atoms with Gasteiger partial charge in [0.25, 0.3) is 0 Å². The smallest absolute Gasteiger partial charge is 0.223 e. The monoisotopic (exact) mass is 317 g/mol. The lowest BCUT2D eigenvalue weighted by molar-refractivity contribution is -0.127. The van der Waals surface area contributed by atoms with Crippen molar-refractivity contribution in [1.82, 2.24) is 15.5 Å². The first-order valence-electron chi connectivity index (χ1n) is 8.32. The lowest BCUT2D eigenvalue weighted by atomic mass is 10.1. The third kappa shape index (κ3) is 6.02. The number of nitrogens with zero attached hydrogens (tertiary/aromatic N) is 1. The molecule has 0 aliphatic heterocycles. The number of hydrogen-bond donors (Lipinski definition) is 2. The van der Waals surface area contributed by atoms with Crippen molar-refractivity contribution in [2.45, 2.75) is 19.3 Å². The second-order valence-corrected chi connectivity index (χ2v) is 6.42. The van der Waals surface area contributed by atoms with Gasteiger partial charge in [-0.2, -0.15) is 0 Å². The molecule has 2 atom stereocenters. The van der Waals surface area contributed by atoms with E-state index in [4.69, 9.17) is 0 Å². The zero-order valence-electron chi connectivity index (χ0n) is 14.0. The maximum Gasteiger partial charge on any atom is 0.223 e. The van der Waals surface area contributed by atoms with Gasteiger partial charge in [0.15, 0.2) is 0 Å². The molecule has 5 heteroatoms. The fraction of sp³-hybridized carbons (Fsp3) is 0.556. The van der Waals surface area contributed by atoms with E-state index in [1.807, 2.05) is 44.4 Å². The summed E-state index contributed by atoms with van der Waals surface area (Å²) < 4.78 is 0. The van der Waals surface area contributed by atoms with Crippen LogP contribution in [0.25, 0.3) is 0 Å². The molecule has 1 aromatic rings. The topological polar surface area (TPSA) is 61.4 Å². The fourth-order valence-corrected chi connectivity index (χ4v) is 2.62. The Morgan fingerprint density at radius 3 is 2.26 bits per heavy atom. The van der Waals surface area contributed by atoms with Crippen molar-refractivity contribution in [2.75, 3.05) is 33.7 Å². The maximum absolute atomic E-state index is 12.0. The molecule has 1 fully saturated rings. The van der Waals surface area contributed by atoms with E-state index in [1.54, 1.807) is 0 Å². The molecule has 0 radical (unpaired) electrons. The Labute approximate surface area is 138 Å². The molecule has 1 aromatic carbocycles. The lowest BCUT2D eigenvalue weighted by Gasteiger charge is -2.10. The van der Waals surface area contributed by atoms with Crippen LogP contribution < -0.4 is 10.6 Å². The molecule has 5 nitrogen and oxygen atoms in total. The van der Waals surface area contributed by atoms with Gasteiger partial charge >= 0.3 is 0 Å². The van der Waals surface area contributed by atoms with Crippen LogP contribution in [-0.2, 0) is 16.0 Å². The van der Waals surface area contributed by atoms with Crippen molar-refractivity contribution in [2.24, 2.45) is 11.8 Å². The predicted octanol–water partition coefficient (Wildman–Crippen LogP) is 1.05. The van der Waals surface area contributed by atoms with Crippen LogP contribution >= 0.6 is 0 Å². The van der Waals surface area contributed by atoms with E-state index in [9.17, 15) is 9.59 Å². The van der Waals surface area contributed by atoms with Gasteiger partial charge in [0.1, 0.15) is 0 Å². The van der Waals surface area contributed by atoms with E-state index < -0.39 is 0 Å². The van der Waals surface area contributed by atoms with E-state index in [-0.39, 0.29) is 23.7 Å². The molecule has 0 bridgehead atoms. The molecule has 2 N–H and O–H groups in total. The summed E-state index contributed by atoms with van der Waals surface area (Å²) in [7, 11) is 4.02. The largest absolute Gasteiger partial charge is 0.356 e. The maximum atomic E-state index is 12.0. The van der Waals surface area contributed by atoms with Gasteiger partial charge in [-0.05, 0) is 45.5 Å². The molecular weight excluding hydrogens is 290 g/mol. The average molecular weight is 317 g/mol. The third-order valence-electron chi connectivity index (χ3n) is 4.10. The standard InChI is InChI=1S/C18H27N3O2/c1-21(2)12-6-10-19-17(22)15-13-16(15)18(23)20-11-9-14-7-4-3-5-8-14/h3-5,7-8,15-16H,6,9-13H2,1-2H3,(H,19,22)(H,20,23). The Kier molecular flexibility index (Phi) is 6.59. The minimum absolute atomic E-state index is 0.00868. The van der Waals surface area contributed by atoms with E-state index in [0.717, 1.165) is 19.4 Å². The van der Waals surface area contributed by atoms with Crippen LogP contribution in [0, 0.1) is 11.8 Å². The summed E-state index contributed by atoms with van der Waals surface area (Å²) in [6.45, 7) is 2.25. The van der Waals surface area contributed by atoms with Gasteiger partial charge in [-0.3, -0.25) is 9.59 Å². The summed E-state index contributed by atoms with van der Waals surface area (Å²) in [5.41, 5.74) is 1.21. The molecule has 0 heterocycles. The lowest BCUT2D eigenvalue weighted by Crippen LogP contribution is -2.32. The van der Waals surface area contributed by atoms with E-state index >= 15 is 0 Å². The Bertz CT molecular complexity index is 516. The van der Waals surface area contributed by atoms with Crippen molar-refractivity contribution in [3.8, 4) is 0 Å². The quantitative estimate of drug-likeness (QED) is 0.669. The number of amides is 2. The van der Waals surface area contributed by atoms with Crippen LogP contribution in [0.2, 0.25) is 0 Å². The number of rotatable bonds is 9. The zero-order chi connectivity index (χ0) is 16.7. The molecule has 1 aliphatic rings. The predicted molar refractivity (Wildman–Crippen MR) is 90.9 cm³/mol. The molecule has 2 rings (SSSR count). The van der Waals surface area contributed by atoms with E-state index in [2.05, 4.69) is 15.5 Å². The summed E-state index contributed by atoms with van der Waals surface area (Å²) >= 11 is 0. The first kappa shape index (κ1) is 17.5. The van der Waals surface area contributed by atoms with Gasteiger partial charge < -0.3 is 15.5 Å². The number of carbonyl (C=O) groups excluding carboxylic acids is 2. The van der Waals surface area contributed by atoms with Crippen LogP contribution in [0.1, 0.15) is 18.4 Å². The zero-order valence-corrected chi connectivity index (χ0v) is 14.0. The molecule has 0 aromatic heterocycles. The van der Waals surface area contributed by atoms with Crippen LogP contribution in [0.4, 0.5) is 0 Å². The SMILES string of the molecule is CN(C)CCCNC(=O)C1CC1C(=O)NCCc1ccccc1. The van der Waals surface area contributed by atoms with Crippen molar-refractivity contribution < 1.29 is 9.59 Å². The fourth-order valence-electron chi connectivity index (χ4n) is 2.62. The average Bonchev–Trinajstić information content (AvgIpc) is 3.33. The molecule has 0 spiro atoms. The van der Waals surface area contributed by atoms with Gasteiger partial charge in [-0.25, -0.2) is 0 Å². The van der Waals surface area contributed by atoms with Crippen molar-refractivity contribution >= 4 is 11.8 Å². The van der Waals surface area contributed by atoms with Gasteiger partial charge in [0.2, 0.25) is 11.8 Å². The number of carbonyl (C=O) groups is 2. The van der Waals surface area contributed by atoms with Crippen LogP contribution in [-0.4, -0.2) is 50.4 Å². The van der Waals surface area contributed by atoms with Crippen LogP contribution in [0.5, 0.6) is 0 Å². The summed E-state index contributed by atoms with van der Waals surface area (Å²) in [5.74, 6) is -0.243. The Morgan fingerprint density at radius 2 is 1.65 bits per heavy atom. The highest BCUT2D eigenvalue weighted by Gasteiger charge is 2.47. The highest BCUT2D eigenvalue weighted by atomic mass is 16.2. The molecule has 23 heavy (non-hydrogen) atoms. The molecule has 1 aliphatic carbocycles. The Hall–Kier alpha value is -1.88. The van der Waals surface area contributed by atoms with Gasteiger partial charge in [-0.1, -0.05) is 30.3 Å². The Morgan fingerprint density at radius 1 is 1.04 bits per heavy atom. The number of hydrogen-bond acceptors (Lipinski definition) is 3. The number of benzene rings is 1. The van der Waals surface area contributed by atoms with Crippen molar-refractivity contribution in [1.29, 1.82) is 0 Å². The molecule has 2 amide bonds. The molecule has 126 valence electrons. The van der Waals surface area contributed by atoms with Crippen molar-refractivity contribution in [3.05, 3.63) is 35.9 Å². The minimum Gasteiger partial charge on any atom is -0.356 e. The minimum atomic E-state index is -0.139. The van der Waals surface area contributed by atoms with Crippen LogP contribution in [0.3, 0.4) is 0 Å². The molecule has 1 saturated carbocycles. The summed E-state index contributed by atoms with van der Waals surface area (Å²) in [6.07, 6.45) is 2.43. The second-order valence-electron chi connectivity index (χ2n) is 6.42. The molecule has 2 unspecified atom stereocenters. The second kappa shape index (κ2) is 8.67. The normalized spacial score (nSPS) is 19.4. The third-order valence-corrected chi connectivity index (χ3v) is 4.10. The van der Waals surface area contributed by atoms with Gasteiger partial charge in [0.05, 0.1) is 11.8 Å². The summed E-state index contributed by atoms with van der Waals surface area (Å²) in [6, 6.07) is 10.1. The highest BCUT2D eigenvalue weighted by molar-refractivity contribution is 5.92. The highest BCUT2D eigenvalue weighted by Crippen LogP contribution is 2.38.